The van der Waals surface area contributed by atoms with Crippen LogP contribution in [0.25, 0.3) is 0 Å². The van der Waals surface area contributed by atoms with Gasteiger partial charge in [-0.15, -0.1) is 12.3 Å². The molecule has 3 nitrogen and oxygen atoms in total. The van der Waals surface area contributed by atoms with Crippen LogP contribution in [0, 0.1) is 12.3 Å². The molecule has 1 fully saturated rings. The third-order valence-electron chi connectivity index (χ3n) is 3.70. The van der Waals surface area contributed by atoms with Crippen molar-refractivity contribution in [3.05, 3.63) is 23.9 Å². The highest BCUT2D eigenvalue weighted by Gasteiger charge is 2.52. The van der Waals surface area contributed by atoms with Gasteiger partial charge in [0.2, 0.25) is 0 Å². The van der Waals surface area contributed by atoms with E-state index >= 15 is 0 Å². The lowest BCUT2D eigenvalue weighted by atomic mass is 9.80. The molecule has 0 saturated carbocycles. The molecule has 2 rings (SSSR count). The van der Waals surface area contributed by atoms with Gasteiger partial charge in [-0.3, -0.25) is 4.98 Å². The van der Waals surface area contributed by atoms with E-state index in [4.69, 9.17) is 15.7 Å². The highest BCUT2D eigenvalue weighted by atomic mass is 16.7. The summed E-state index contributed by atoms with van der Waals surface area (Å²) in [5.74, 6) is 2.64. The van der Waals surface area contributed by atoms with Crippen LogP contribution >= 0.6 is 0 Å². The third-order valence-corrected chi connectivity index (χ3v) is 3.70. The summed E-state index contributed by atoms with van der Waals surface area (Å²) in [4.78, 5) is 4.36. The number of aromatic nitrogens is 1. The van der Waals surface area contributed by atoms with Gasteiger partial charge in [0.1, 0.15) is 0 Å². The van der Waals surface area contributed by atoms with Crippen LogP contribution in [0.15, 0.2) is 18.3 Å². The largest absolute Gasteiger partial charge is 0.514 e. The Labute approximate surface area is 109 Å². The SMILES string of the molecule is C#CCc1cccnc1B1OC(C)(C)C(C)(C)O1. The molecule has 1 aliphatic heterocycles. The number of rotatable bonds is 2. The van der Waals surface area contributed by atoms with Gasteiger partial charge in [-0.1, -0.05) is 6.07 Å². The minimum absolute atomic E-state index is 0.359. The monoisotopic (exact) mass is 243 g/mol. The normalized spacial score (nSPS) is 20.7. The number of hydrogen-bond donors (Lipinski definition) is 0. The molecule has 94 valence electrons. The quantitative estimate of drug-likeness (QED) is 0.583. The van der Waals surface area contributed by atoms with Crippen molar-refractivity contribution in [1.29, 1.82) is 0 Å². The molecule has 1 saturated heterocycles. The first-order chi connectivity index (χ1) is 8.37. The number of terminal acetylenes is 1. The van der Waals surface area contributed by atoms with Gasteiger partial charge in [0.15, 0.2) is 0 Å². The number of pyridine rings is 1. The Bertz CT molecular complexity index is 475. The third kappa shape index (κ3) is 2.16. The van der Waals surface area contributed by atoms with Crippen LogP contribution in [0.4, 0.5) is 0 Å². The summed E-state index contributed by atoms with van der Waals surface area (Å²) in [5, 5.41) is 0. The van der Waals surface area contributed by atoms with E-state index < -0.39 is 7.12 Å². The molecule has 1 aromatic heterocycles. The Hall–Kier alpha value is -1.31. The molecule has 0 N–H and O–H groups in total. The average molecular weight is 243 g/mol. The summed E-state index contributed by atoms with van der Waals surface area (Å²) in [5.41, 5.74) is 1.05. The van der Waals surface area contributed by atoms with Gasteiger partial charge in [0.25, 0.3) is 0 Å². The Kier molecular flexibility index (Phi) is 3.22. The fourth-order valence-corrected chi connectivity index (χ4v) is 1.88. The van der Waals surface area contributed by atoms with E-state index in [1.54, 1.807) is 6.20 Å². The fraction of sp³-hybridized carbons (Fsp3) is 0.500. The molecule has 4 heteroatoms. The van der Waals surface area contributed by atoms with Crippen molar-refractivity contribution in [2.75, 3.05) is 0 Å². The van der Waals surface area contributed by atoms with Crippen molar-refractivity contribution in [2.45, 2.75) is 45.3 Å². The van der Waals surface area contributed by atoms with E-state index in [9.17, 15) is 0 Å². The Morgan fingerprint density at radius 3 is 2.44 bits per heavy atom. The van der Waals surface area contributed by atoms with Crippen LogP contribution in [-0.4, -0.2) is 23.3 Å². The van der Waals surface area contributed by atoms with E-state index in [1.165, 1.54) is 0 Å². The van der Waals surface area contributed by atoms with Crippen molar-refractivity contribution < 1.29 is 9.31 Å². The fourth-order valence-electron chi connectivity index (χ4n) is 1.88. The zero-order valence-corrected chi connectivity index (χ0v) is 11.4. The van der Waals surface area contributed by atoms with Crippen molar-refractivity contribution in [3.8, 4) is 12.3 Å². The molecule has 0 radical (unpaired) electrons. The number of hydrogen-bond acceptors (Lipinski definition) is 3. The Morgan fingerprint density at radius 1 is 1.28 bits per heavy atom. The van der Waals surface area contributed by atoms with Gasteiger partial charge in [-0.2, -0.15) is 0 Å². The maximum absolute atomic E-state index is 5.98. The van der Waals surface area contributed by atoms with Crippen molar-refractivity contribution >= 4 is 12.7 Å². The summed E-state index contributed by atoms with van der Waals surface area (Å²) >= 11 is 0. The van der Waals surface area contributed by atoms with Crippen molar-refractivity contribution in [3.63, 3.8) is 0 Å². The molecule has 0 aliphatic carbocycles. The standard InChI is InChI=1S/C14H18BNO2/c1-6-8-11-9-7-10-16-12(11)15-17-13(2,3)14(4,5)18-15/h1,7,9-10H,8H2,2-5H3. The molecular formula is C14H18BNO2. The van der Waals surface area contributed by atoms with Gasteiger partial charge in [0, 0.05) is 12.6 Å². The van der Waals surface area contributed by atoms with Gasteiger partial charge >= 0.3 is 7.12 Å². The summed E-state index contributed by atoms with van der Waals surface area (Å²) in [6.45, 7) is 8.10. The lowest BCUT2D eigenvalue weighted by Crippen LogP contribution is -2.41. The smallest absolute Gasteiger partial charge is 0.398 e. The zero-order valence-electron chi connectivity index (χ0n) is 11.4. The molecule has 1 aliphatic rings. The van der Waals surface area contributed by atoms with Gasteiger partial charge < -0.3 is 9.31 Å². The molecule has 0 unspecified atom stereocenters. The first-order valence-corrected chi connectivity index (χ1v) is 6.10. The first-order valence-electron chi connectivity index (χ1n) is 6.10. The predicted molar refractivity (Wildman–Crippen MR) is 72.5 cm³/mol. The minimum Gasteiger partial charge on any atom is -0.398 e. The summed E-state index contributed by atoms with van der Waals surface area (Å²) in [7, 11) is -0.445. The maximum atomic E-state index is 5.98. The van der Waals surface area contributed by atoms with Crippen LogP contribution in [0.1, 0.15) is 33.3 Å². The van der Waals surface area contributed by atoms with Crippen molar-refractivity contribution in [1.82, 2.24) is 4.98 Å². The lowest BCUT2D eigenvalue weighted by Gasteiger charge is -2.32. The highest BCUT2D eigenvalue weighted by molar-refractivity contribution is 6.61. The molecule has 2 heterocycles. The van der Waals surface area contributed by atoms with Gasteiger partial charge in [-0.05, 0) is 39.3 Å². The second-order valence-electron chi connectivity index (χ2n) is 5.52. The second-order valence-corrected chi connectivity index (χ2v) is 5.52. The maximum Gasteiger partial charge on any atom is 0.514 e. The van der Waals surface area contributed by atoms with Crippen LogP contribution in [-0.2, 0) is 15.7 Å². The number of nitrogens with zero attached hydrogens (tertiary/aromatic N) is 1. The van der Waals surface area contributed by atoms with Crippen LogP contribution in [0.2, 0.25) is 0 Å². The molecule has 1 aromatic rings. The Morgan fingerprint density at radius 2 is 1.89 bits per heavy atom. The topological polar surface area (TPSA) is 31.4 Å². The van der Waals surface area contributed by atoms with E-state index in [0.717, 1.165) is 11.2 Å². The molecule has 0 amide bonds. The van der Waals surface area contributed by atoms with E-state index in [1.807, 2.05) is 39.8 Å². The molecule has 0 atom stereocenters. The van der Waals surface area contributed by atoms with E-state index in [2.05, 4.69) is 10.9 Å². The zero-order chi connectivity index (χ0) is 13.4. The van der Waals surface area contributed by atoms with Crippen LogP contribution in [0.3, 0.4) is 0 Å². The summed E-state index contributed by atoms with van der Waals surface area (Å²) in [6.07, 6.45) is 7.65. The molecular weight excluding hydrogens is 225 g/mol. The molecule has 0 aromatic carbocycles. The van der Waals surface area contributed by atoms with Crippen molar-refractivity contribution in [2.24, 2.45) is 0 Å². The summed E-state index contributed by atoms with van der Waals surface area (Å²) < 4.78 is 12.0. The second kappa shape index (κ2) is 4.42. The molecule has 0 bridgehead atoms. The van der Waals surface area contributed by atoms with Crippen LogP contribution < -0.4 is 5.59 Å². The highest BCUT2D eigenvalue weighted by Crippen LogP contribution is 2.36. The average Bonchev–Trinajstić information content (AvgIpc) is 2.49. The Balaban J connectivity index is 2.33. The first kappa shape index (κ1) is 13.1. The van der Waals surface area contributed by atoms with Gasteiger partial charge in [-0.25, -0.2) is 0 Å². The van der Waals surface area contributed by atoms with E-state index in [0.29, 0.717) is 6.42 Å². The van der Waals surface area contributed by atoms with E-state index in [-0.39, 0.29) is 11.2 Å². The van der Waals surface area contributed by atoms with Crippen LogP contribution in [0.5, 0.6) is 0 Å². The minimum atomic E-state index is -0.445. The summed E-state index contributed by atoms with van der Waals surface area (Å²) in [6, 6.07) is 3.84. The molecule has 18 heavy (non-hydrogen) atoms. The molecule has 0 spiro atoms. The van der Waals surface area contributed by atoms with Gasteiger partial charge in [0.05, 0.1) is 16.8 Å². The lowest BCUT2D eigenvalue weighted by molar-refractivity contribution is 0.00578. The predicted octanol–water partition coefficient (Wildman–Crippen LogP) is 1.56.